The van der Waals surface area contributed by atoms with Gasteiger partial charge in [-0.15, -0.1) is 0 Å². The van der Waals surface area contributed by atoms with Gasteiger partial charge in [0.05, 0.1) is 11.0 Å². The summed E-state index contributed by atoms with van der Waals surface area (Å²) in [6, 6.07) is 55.4. The van der Waals surface area contributed by atoms with Gasteiger partial charge in [-0.2, -0.15) is 0 Å². The maximum Gasteiger partial charge on any atom is 0.160 e. The molecule has 1 aliphatic rings. The highest BCUT2D eigenvalue weighted by Gasteiger charge is 2.27. The van der Waals surface area contributed by atoms with E-state index in [1.807, 2.05) is 18.2 Å². The van der Waals surface area contributed by atoms with Crippen molar-refractivity contribution in [3.05, 3.63) is 174 Å². The summed E-state index contributed by atoms with van der Waals surface area (Å²) < 4.78 is 9.15. The lowest BCUT2D eigenvalue weighted by atomic mass is 9.99. The Hall–Kier alpha value is -6.17. The number of nitrogens with zero attached hydrogens (tertiary/aromatic N) is 2. The topological polar surface area (TPSA) is 54.5 Å². The Morgan fingerprint density at radius 2 is 1.21 bits per heavy atom. The Kier molecular flexibility index (Phi) is 6.01. The van der Waals surface area contributed by atoms with Gasteiger partial charge in [-0.3, -0.25) is 5.32 Å². The smallest absolute Gasteiger partial charge is 0.160 e. The highest BCUT2D eigenvalue weighted by Crippen LogP contribution is 2.45. The highest BCUT2D eigenvalue weighted by atomic mass is 16.3. The lowest BCUT2D eigenvalue weighted by molar-refractivity contribution is 0.409. The Labute approximate surface area is 276 Å². The summed E-state index contributed by atoms with van der Waals surface area (Å²) in [6.07, 6.45) is -0.380. The van der Waals surface area contributed by atoms with Crippen LogP contribution in [0.15, 0.2) is 167 Å². The molecular formula is C43H30N4O. The minimum Gasteiger partial charge on any atom is -0.454 e. The van der Waals surface area contributed by atoms with Gasteiger partial charge in [0.1, 0.15) is 23.8 Å². The molecule has 5 nitrogen and oxygen atoms in total. The van der Waals surface area contributed by atoms with E-state index in [4.69, 9.17) is 9.41 Å². The largest absolute Gasteiger partial charge is 0.454 e. The molecule has 9 aromatic rings. The predicted octanol–water partition coefficient (Wildman–Crippen LogP) is 10.2. The van der Waals surface area contributed by atoms with Gasteiger partial charge in [0.15, 0.2) is 5.58 Å². The van der Waals surface area contributed by atoms with Crippen molar-refractivity contribution in [2.24, 2.45) is 4.99 Å². The van der Waals surface area contributed by atoms with Crippen LogP contribution in [-0.2, 0) is 0 Å². The van der Waals surface area contributed by atoms with Crippen molar-refractivity contribution in [1.82, 2.24) is 15.2 Å². The van der Waals surface area contributed by atoms with Crippen LogP contribution in [0.5, 0.6) is 0 Å². The van der Waals surface area contributed by atoms with Gasteiger partial charge in [0, 0.05) is 32.8 Å². The molecule has 0 saturated carbocycles. The molecule has 5 heteroatoms. The Balaban J connectivity index is 1.22. The number of hydrogen-bond acceptors (Lipinski definition) is 4. The number of hydrogen-bond donors (Lipinski definition) is 2. The van der Waals surface area contributed by atoms with Crippen molar-refractivity contribution in [2.45, 2.75) is 12.3 Å². The molecule has 2 atom stereocenters. The number of amidine groups is 1. The van der Waals surface area contributed by atoms with Gasteiger partial charge in [-0.1, -0.05) is 133 Å². The van der Waals surface area contributed by atoms with E-state index in [9.17, 15) is 0 Å². The van der Waals surface area contributed by atoms with E-state index in [0.29, 0.717) is 0 Å². The molecule has 0 saturated heterocycles. The van der Waals surface area contributed by atoms with Gasteiger partial charge in [0.25, 0.3) is 0 Å². The van der Waals surface area contributed by atoms with Gasteiger partial charge >= 0.3 is 0 Å². The van der Waals surface area contributed by atoms with Crippen LogP contribution in [-0.4, -0.2) is 10.4 Å². The monoisotopic (exact) mass is 618 g/mol. The molecule has 0 aliphatic carbocycles. The third kappa shape index (κ3) is 4.11. The molecule has 0 bridgehead atoms. The zero-order valence-electron chi connectivity index (χ0n) is 26.0. The molecule has 3 heterocycles. The predicted molar refractivity (Wildman–Crippen MR) is 197 cm³/mol. The quantitative estimate of drug-likeness (QED) is 0.206. The minimum absolute atomic E-state index is 0.109. The molecule has 0 spiro atoms. The fraction of sp³-hybridized carbons (Fsp3) is 0.0465. The van der Waals surface area contributed by atoms with Crippen LogP contribution in [0.4, 0.5) is 0 Å². The average Bonchev–Trinajstić information content (AvgIpc) is 3.73. The molecule has 0 fully saturated rings. The maximum absolute atomic E-state index is 6.77. The van der Waals surface area contributed by atoms with Crippen LogP contribution in [0.25, 0.3) is 60.2 Å². The molecule has 0 amide bonds. The number of furan rings is 1. The normalized spacial score (nSPS) is 16.5. The van der Waals surface area contributed by atoms with E-state index in [-0.39, 0.29) is 12.3 Å². The van der Waals surface area contributed by atoms with Crippen LogP contribution in [0.3, 0.4) is 0 Å². The second-order valence-electron chi connectivity index (χ2n) is 12.4. The number of nitrogens with one attached hydrogen (secondary N) is 2. The number of para-hydroxylation sites is 2. The number of fused-ring (bicyclic) bond motifs is 10. The lowest BCUT2D eigenvalue weighted by Crippen LogP contribution is -2.44. The first-order valence-corrected chi connectivity index (χ1v) is 16.4. The first-order chi connectivity index (χ1) is 23.8. The lowest BCUT2D eigenvalue weighted by Gasteiger charge is -2.32. The van der Waals surface area contributed by atoms with Crippen LogP contribution in [0, 0.1) is 0 Å². The molecular weight excluding hydrogens is 589 g/mol. The SMILES string of the molecule is c1ccc(C2=NC(c3cccc(-n4c5ccccc5c5c6ccccc6c6c7ccccc7oc6c54)c3)NC(c3ccccc3)N2)cc1. The first kappa shape index (κ1) is 27.0. The standard InChI is InChI=1S/C43H30N4O/c1-3-14-27(15-4-1)41-44-42(28-16-5-2-6-17-28)46-43(45-41)29-18-13-19-30(26-29)47-35-24-11-9-22-33(35)37-31-20-7-8-21-32(31)38-34-23-10-12-25-36(34)48-40(38)39(37)47/h1-26,41,43,45H,(H,44,46). The average molecular weight is 619 g/mol. The van der Waals surface area contributed by atoms with Gasteiger partial charge in [0.2, 0.25) is 0 Å². The Morgan fingerprint density at radius 3 is 2.02 bits per heavy atom. The molecule has 2 aromatic heterocycles. The third-order valence-electron chi connectivity index (χ3n) is 9.64. The molecule has 2 N–H and O–H groups in total. The zero-order valence-corrected chi connectivity index (χ0v) is 26.0. The molecule has 228 valence electrons. The van der Waals surface area contributed by atoms with E-state index in [0.717, 1.165) is 61.2 Å². The first-order valence-electron chi connectivity index (χ1n) is 16.4. The fourth-order valence-electron chi connectivity index (χ4n) is 7.52. The van der Waals surface area contributed by atoms with Crippen molar-refractivity contribution >= 4 is 60.4 Å². The summed E-state index contributed by atoms with van der Waals surface area (Å²) in [5.74, 6) is 0.867. The molecule has 1 aliphatic heterocycles. The summed E-state index contributed by atoms with van der Waals surface area (Å²) in [7, 11) is 0. The number of rotatable bonds is 4. The van der Waals surface area contributed by atoms with Gasteiger partial charge in [-0.25, -0.2) is 4.99 Å². The molecule has 0 radical (unpaired) electrons. The number of aromatic nitrogens is 1. The van der Waals surface area contributed by atoms with E-state index in [1.165, 1.54) is 21.5 Å². The van der Waals surface area contributed by atoms with Crippen molar-refractivity contribution in [1.29, 1.82) is 0 Å². The number of aliphatic imine (C=N–C) groups is 1. The van der Waals surface area contributed by atoms with Crippen LogP contribution < -0.4 is 10.6 Å². The second-order valence-corrected chi connectivity index (χ2v) is 12.4. The van der Waals surface area contributed by atoms with E-state index >= 15 is 0 Å². The highest BCUT2D eigenvalue weighted by molar-refractivity contribution is 6.35. The van der Waals surface area contributed by atoms with E-state index in [1.54, 1.807) is 0 Å². The van der Waals surface area contributed by atoms with Crippen LogP contribution in [0.1, 0.15) is 29.0 Å². The Morgan fingerprint density at radius 1 is 0.562 bits per heavy atom. The fourth-order valence-corrected chi connectivity index (χ4v) is 7.52. The van der Waals surface area contributed by atoms with Gasteiger partial charge in [-0.05, 0) is 46.2 Å². The van der Waals surface area contributed by atoms with E-state index in [2.05, 4.69) is 155 Å². The summed E-state index contributed by atoms with van der Waals surface area (Å²) >= 11 is 0. The van der Waals surface area contributed by atoms with E-state index < -0.39 is 0 Å². The summed E-state index contributed by atoms with van der Waals surface area (Å²) in [4.78, 5) is 5.23. The molecule has 2 unspecified atom stereocenters. The van der Waals surface area contributed by atoms with Gasteiger partial charge < -0.3 is 14.3 Å². The molecule has 48 heavy (non-hydrogen) atoms. The number of benzene rings is 7. The van der Waals surface area contributed by atoms with Crippen molar-refractivity contribution in [3.8, 4) is 5.69 Å². The van der Waals surface area contributed by atoms with Crippen LogP contribution >= 0.6 is 0 Å². The van der Waals surface area contributed by atoms with Crippen LogP contribution in [0.2, 0.25) is 0 Å². The second kappa shape index (κ2) is 10.7. The van der Waals surface area contributed by atoms with Crippen molar-refractivity contribution in [2.75, 3.05) is 0 Å². The molecule has 7 aromatic carbocycles. The zero-order chi connectivity index (χ0) is 31.6. The van der Waals surface area contributed by atoms with Crippen molar-refractivity contribution in [3.63, 3.8) is 0 Å². The summed E-state index contributed by atoms with van der Waals surface area (Å²) in [5, 5.41) is 14.5. The molecule has 10 rings (SSSR count). The third-order valence-corrected chi connectivity index (χ3v) is 9.64. The minimum atomic E-state index is -0.272. The Bertz CT molecular complexity index is 2690. The maximum atomic E-state index is 6.77. The summed E-state index contributed by atoms with van der Waals surface area (Å²) in [5.41, 5.74) is 8.36. The van der Waals surface area contributed by atoms with Crippen molar-refractivity contribution < 1.29 is 4.42 Å². The summed E-state index contributed by atoms with van der Waals surface area (Å²) in [6.45, 7) is 0.